The van der Waals surface area contributed by atoms with Crippen LogP contribution in [0, 0.1) is 13.8 Å². The third-order valence-electron chi connectivity index (χ3n) is 4.84. The van der Waals surface area contributed by atoms with Crippen molar-refractivity contribution >= 4 is 0 Å². The molecule has 2 rings (SSSR count). The molecule has 106 valence electrons. The number of rotatable bonds is 3. The highest BCUT2D eigenvalue weighted by Crippen LogP contribution is 2.37. The summed E-state index contributed by atoms with van der Waals surface area (Å²) in [4.78, 5) is 2.57. The van der Waals surface area contributed by atoms with E-state index in [4.69, 9.17) is 5.73 Å². The molecular weight excluding hydrogens is 232 g/mol. The molecule has 1 aromatic rings. The van der Waals surface area contributed by atoms with Gasteiger partial charge in [0.05, 0.1) is 0 Å². The first-order valence-corrected chi connectivity index (χ1v) is 7.50. The van der Waals surface area contributed by atoms with E-state index in [1.54, 1.807) is 0 Å². The van der Waals surface area contributed by atoms with Gasteiger partial charge in [0, 0.05) is 18.0 Å². The van der Waals surface area contributed by atoms with Crippen LogP contribution in [-0.4, -0.2) is 30.6 Å². The average Bonchev–Trinajstić information content (AvgIpc) is 2.41. The normalized spacial score (nSPS) is 19.9. The molecule has 0 spiro atoms. The molecule has 1 saturated heterocycles. The summed E-state index contributed by atoms with van der Waals surface area (Å²) >= 11 is 0. The van der Waals surface area contributed by atoms with E-state index in [0.717, 1.165) is 6.54 Å². The van der Waals surface area contributed by atoms with E-state index in [9.17, 15) is 0 Å². The fraction of sp³-hybridized carbons (Fsp3) is 0.647. The van der Waals surface area contributed by atoms with Gasteiger partial charge in [0.2, 0.25) is 0 Å². The van der Waals surface area contributed by atoms with Crippen LogP contribution in [0.2, 0.25) is 0 Å². The van der Waals surface area contributed by atoms with Crippen LogP contribution in [0.3, 0.4) is 0 Å². The van der Waals surface area contributed by atoms with Crippen LogP contribution in [0.1, 0.15) is 43.4 Å². The standard InChI is InChI=1S/C17H28N2/c1-13(2)19-9-7-17(12-18,8-10-19)16-11-14(3)5-6-15(16)4/h5-6,11,13H,7-10,12,18H2,1-4H3. The Balaban J connectivity index is 2.27. The van der Waals surface area contributed by atoms with Crippen molar-refractivity contribution in [3.8, 4) is 0 Å². The molecule has 0 bridgehead atoms. The van der Waals surface area contributed by atoms with Crippen molar-refractivity contribution in [3.05, 3.63) is 34.9 Å². The van der Waals surface area contributed by atoms with Gasteiger partial charge in [0.25, 0.3) is 0 Å². The minimum Gasteiger partial charge on any atom is -0.330 e. The quantitative estimate of drug-likeness (QED) is 0.905. The van der Waals surface area contributed by atoms with Crippen LogP contribution < -0.4 is 5.73 Å². The Kier molecular flexibility index (Phi) is 4.32. The van der Waals surface area contributed by atoms with Crippen LogP contribution in [-0.2, 0) is 5.41 Å². The number of piperidine rings is 1. The summed E-state index contributed by atoms with van der Waals surface area (Å²) in [5.74, 6) is 0. The van der Waals surface area contributed by atoms with Crippen molar-refractivity contribution in [3.63, 3.8) is 0 Å². The second-order valence-corrected chi connectivity index (χ2v) is 6.43. The lowest BCUT2D eigenvalue weighted by Gasteiger charge is -2.44. The lowest BCUT2D eigenvalue weighted by atomic mass is 9.71. The molecule has 0 amide bonds. The number of nitrogens with two attached hydrogens (primary N) is 1. The monoisotopic (exact) mass is 260 g/mol. The summed E-state index contributed by atoms with van der Waals surface area (Å²) in [6, 6.07) is 7.45. The number of hydrogen-bond acceptors (Lipinski definition) is 2. The molecule has 1 aliphatic rings. The lowest BCUT2D eigenvalue weighted by Crippen LogP contribution is -2.48. The molecule has 0 atom stereocenters. The third-order valence-corrected chi connectivity index (χ3v) is 4.84. The van der Waals surface area contributed by atoms with Crippen LogP contribution >= 0.6 is 0 Å². The summed E-state index contributed by atoms with van der Waals surface area (Å²) in [5.41, 5.74) is 10.6. The number of likely N-dealkylation sites (tertiary alicyclic amines) is 1. The van der Waals surface area contributed by atoms with E-state index in [1.165, 1.54) is 42.6 Å². The van der Waals surface area contributed by atoms with Gasteiger partial charge in [-0.05, 0) is 64.8 Å². The van der Waals surface area contributed by atoms with Gasteiger partial charge in [-0.2, -0.15) is 0 Å². The Morgan fingerprint density at radius 2 is 1.84 bits per heavy atom. The molecule has 0 radical (unpaired) electrons. The molecule has 0 aromatic heterocycles. The third kappa shape index (κ3) is 2.85. The Hall–Kier alpha value is -0.860. The smallest absolute Gasteiger partial charge is 0.0102 e. The molecule has 1 fully saturated rings. The van der Waals surface area contributed by atoms with Gasteiger partial charge < -0.3 is 10.6 Å². The topological polar surface area (TPSA) is 29.3 Å². The van der Waals surface area contributed by atoms with Crippen LogP contribution in [0.4, 0.5) is 0 Å². The predicted octanol–water partition coefficient (Wildman–Crippen LogP) is 3.00. The first kappa shape index (κ1) is 14.5. The zero-order valence-corrected chi connectivity index (χ0v) is 12.9. The van der Waals surface area contributed by atoms with Crippen molar-refractivity contribution < 1.29 is 0 Å². The van der Waals surface area contributed by atoms with E-state index in [1.807, 2.05) is 0 Å². The van der Waals surface area contributed by atoms with Crippen LogP contribution in [0.15, 0.2) is 18.2 Å². The first-order chi connectivity index (χ1) is 8.98. The molecule has 2 N–H and O–H groups in total. The largest absolute Gasteiger partial charge is 0.330 e. The maximum Gasteiger partial charge on any atom is 0.0102 e. The van der Waals surface area contributed by atoms with Gasteiger partial charge in [-0.15, -0.1) is 0 Å². The van der Waals surface area contributed by atoms with E-state index in [-0.39, 0.29) is 5.41 Å². The minimum absolute atomic E-state index is 0.196. The molecule has 1 heterocycles. The lowest BCUT2D eigenvalue weighted by molar-refractivity contribution is 0.132. The van der Waals surface area contributed by atoms with Gasteiger partial charge in [-0.1, -0.05) is 23.8 Å². The van der Waals surface area contributed by atoms with Gasteiger partial charge in [0.15, 0.2) is 0 Å². The van der Waals surface area contributed by atoms with Crippen molar-refractivity contribution in [1.29, 1.82) is 0 Å². The van der Waals surface area contributed by atoms with E-state index in [0.29, 0.717) is 6.04 Å². The first-order valence-electron chi connectivity index (χ1n) is 7.50. The highest BCUT2D eigenvalue weighted by atomic mass is 15.2. The minimum atomic E-state index is 0.196. The predicted molar refractivity (Wildman–Crippen MR) is 82.6 cm³/mol. The summed E-state index contributed by atoms with van der Waals surface area (Å²) in [6.45, 7) is 12.1. The zero-order valence-electron chi connectivity index (χ0n) is 12.9. The van der Waals surface area contributed by atoms with Gasteiger partial charge in [-0.3, -0.25) is 0 Å². The number of benzene rings is 1. The molecular formula is C17H28N2. The molecule has 2 nitrogen and oxygen atoms in total. The van der Waals surface area contributed by atoms with Gasteiger partial charge in [0.1, 0.15) is 0 Å². The molecule has 19 heavy (non-hydrogen) atoms. The van der Waals surface area contributed by atoms with Crippen molar-refractivity contribution in [1.82, 2.24) is 4.90 Å². The highest BCUT2D eigenvalue weighted by molar-refractivity contribution is 5.37. The fourth-order valence-electron chi connectivity index (χ4n) is 3.36. The highest BCUT2D eigenvalue weighted by Gasteiger charge is 2.36. The maximum absolute atomic E-state index is 6.19. The summed E-state index contributed by atoms with van der Waals surface area (Å²) in [7, 11) is 0. The number of nitrogens with zero attached hydrogens (tertiary/aromatic N) is 1. The molecule has 1 aliphatic heterocycles. The second kappa shape index (κ2) is 5.64. The van der Waals surface area contributed by atoms with Gasteiger partial charge in [-0.25, -0.2) is 0 Å². The Morgan fingerprint density at radius 3 is 2.37 bits per heavy atom. The van der Waals surface area contributed by atoms with Crippen LogP contribution in [0.25, 0.3) is 0 Å². The SMILES string of the molecule is Cc1ccc(C)c(C2(CN)CCN(C(C)C)CC2)c1. The summed E-state index contributed by atoms with van der Waals surface area (Å²) in [5, 5.41) is 0. The maximum atomic E-state index is 6.19. The van der Waals surface area contributed by atoms with E-state index < -0.39 is 0 Å². The molecule has 0 unspecified atom stereocenters. The molecule has 1 aromatic carbocycles. The Morgan fingerprint density at radius 1 is 1.21 bits per heavy atom. The zero-order chi connectivity index (χ0) is 14.0. The van der Waals surface area contributed by atoms with E-state index >= 15 is 0 Å². The number of aryl methyl sites for hydroxylation is 2. The van der Waals surface area contributed by atoms with Crippen molar-refractivity contribution in [2.75, 3.05) is 19.6 Å². The second-order valence-electron chi connectivity index (χ2n) is 6.43. The van der Waals surface area contributed by atoms with Crippen LogP contribution in [0.5, 0.6) is 0 Å². The molecule has 2 heteroatoms. The summed E-state index contributed by atoms with van der Waals surface area (Å²) < 4.78 is 0. The number of hydrogen-bond donors (Lipinski definition) is 1. The average molecular weight is 260 g/mol. The van der Waals surface area contributed by atoms with Gasteiger partial charge >= 0.3 is 0 Å². The Bertz CT molecular complexity index is 429. The molecule has 0 saturated carbocycles. The Labute approximate surface area is 118 Å². The van der Waals surface area contributed by atoms with E-state index in [2.05, 4.69) is 50.8 Å². The molecule has 0 aliphatic carbocycles. The fourth-order valence-corrected chi connectivity index (χ4v) is 3.36. The summed E-state index contributed by atoms with van der Waals surface area (Å²) in [6.07, 6.45) is 2.37. The van der Waals surface area contributed by atoms with Crippen molar-refractivity contribution in [2.24, 2.45) is 5.73 Å². The van der Waals surface area contributed by atoms with Crippen molar-refractivity contribution in [2.45, 2.75) is 52.0 Å².